The zero-order chi connectivity index (χ0) is 26.1. The van der Waals surface area contributed by atoms with E-state index in [1.54, 1.807) is 0 Å². The number of halogens is 1. The SMILES string of the molecule is Cn1cncc1CC1=Cc2cccnc2[C@@H](N2CCN(C(=O)OC3CCOCC3)CC2)c2ccc(Cl)cc21. The van der Waals surface area contributed by atoms with Crippen molar-refractivity contribution in [2.45, 2.75) is 31.4 Å². The predicted molar refractivity (Wildman–Crippen MR) is 146 cm³/mol. The van der Waals surface area contributed by atoms with Crippen LogP contribution in [0.3, 0.4) is 0 Å². The summed E-state index contributed by atoms with van der Waals surface area (Å²) in [4.78, 5) is 26.3. The van der Waals surface area contributed by atoms with Crippen LogP contribution in [0.15, 0.2) is 49.1 Å². The molecule has 0 bridgehead atoms. The summed E-state index contributed by atoms with van der Waals surface area (Å²) in [5.41, 5.74) is 6.74. The number of nitrogens with zero attached hydrogens (tertiary/aromatic N) is 5. The van der Waals surface area contributed by atoms with Gasteiger partial charge in [0.2, 0.25) is 0 Å². The molecule has 198 valence electrons. The van der Waals surface area contributed by atoms with Crippen molar-refractivity contribution in [2.75, 3.05) is 39.4 Å². The lowest BCUT2D eigenvalue weighted by Gasteiger charge is -2.39. The maximum Gasteiger partial charge on any atom is 0.410 e. The van der Waals surface area contributed by atoms with Gasteiger partial charge in [0.1, 0.15) is 6.10 Å². The Morgan fingerprint density at radius 3 is 2.74 bits per heavy atom. The highest BCUT2D eigenvalue weighted by Gasteiger charge is 2.34. The number of aryl methyl sites for hydroxylation is 1. The first kappa shape index (κ1) is 25.1. The minimum atomic E-state index is -0.219. The lowest BCUT2D eigenvalue weighted by Crippen LogP contribution is -2.50. The van der Waals surface area contributed by atoms with Crippen molar-refractivity contribution in [1.82, 2.24) is 24.3 Å². The molecule has 38 heavy (non-hydrogen) atoms. The molecule has 2 aliphatic heterocycles. The van der Waals surface area contributed by atoms with E-state index >= 15 is 0 Å². The van der Waals surface area contributed by atoms with Crippen LogP contribution in [0.5, 0.6) is 0 Å². The van der Waals surface area contributed by atoms with E-state index in [2.05, 4.69) is 38.7 Å². The number of allylic oxidation sites excluding steroid dienone is 1. The van der Waals surface area contributed by atoms with Crippen LogP contribution < -0.4 is 0 Å². The third-order valence-electron chi connectivity index (χ3n) is 7.78. The van der Waals surface area contributed by atoms with Crippen LogP contribution in [0.1, 0.15) is 47.0 Å². The smallest absolute Gasteiger partial charge is 0.410 e. The van der Waals surface area contributed by atoms with Crippen molar-refractivity contribution in [3.63, 3.8) is 0 Å². The zero-order valence-electron chi connectivity index (χ0n) is 21.6. The summed E-state index contributed by atoms with van der Waals surface area (Å²) in [6.45, 7) is 3.98. The summed E-state index contributed by atoms with van der Waals surface area (Å²) in [5.74, 6) is 0. The van der Waals surface area contributed by atoms with Gasteiger partial charge in [-0.1, -0.05) is 23.7 Å². The van der Waals surface area contributed by atoms with Crippen molar-refractivity contribution in [3.05, 3.63) is 82.2 Å². The predicted octanol–water partition coefficient (Wildman–Crippen LogP) is 4.59. The monoisotopic (exact) mass is 533 g/mol. The number of fused-ring (bicyclic) bond motifs is 2. The van der Waals surface area contributed by atoms with Gasteiger partial charge in [0.25, 0.3) is 0 Å². The molecule has 0 saturated carbocycles. The number of piperazine rings is 1. The highest BCUT2D eigenvalue weighted by atomic mass is 35.5. The van der Waals surface area contributed by atoms with Gasteiger partial charge in [-0.25, -0.2) is 9.78 Å². The molecular weight excluding hydrogens is 502 g/mol. The molecule has 0 N–H and O–H groups in total. The first-order valence-corrected chi connectivity index (χ1v) is 13.6. The molecule has 8 nitrogen and oxygen atoms in total. The molecule has 0 spiro atoms. The highest BCUT2D eigenvalue weighted by molar-refractivity contribution is 6.30. The van der Waals surface area contributed by atoms with E-state index in [1.807, 2.05) is 42.8 Å². The molecule has 2 fully saturated rings. The quantitative estimate of drug-likeness (QED) is 0.488. The molecule has 2 aromatic heterocycles. The number of carbonyl (C=O) groups excluding carboxylic acids is 1. The number of hydrogen-bond donors (Lipinski definition) is 0. The van der Waals surface area contributed by atoms with Crippen LogP contribution in [0.25, 0.3) is 11.6 Å². The van der Waals surface area contributed by atoms with E-state index in [0.29, 0.717) is 31.3 Å². The molecule has 6 rings (SSSR count). The van der Waals surface area contributed by atoms with E-state index < -0.39 is 0 Å². The molecule has 1 aliphatic carbocycles. The Morgan fingerprint density at radius 1 is 1.16 bits per heavy atom. The molecule has 1 aromatic carbocycles. The maximum absolute atomic E-state index is 12.9. The number of carbonyl (C=O) groups is 1. The van der Waals surface area contributed by atoms with Gasteiger partial charge in [0, 0.05) is 75.6 Å². The molecule has 9 heteroatoms. The van der Waals surface area contributed by atoms with Crippen LogP contribution in [0, 0.1) is 0 Å². The molecule has 2 saturated heterocycles. The van der Waals surface area contributed by atoms with E-state index in [-0.39, 0.29) is 18.2 Å². The molecule has 3 aromatic rings. The summed E-state index contributed by atoms with van der Waals surface area (Å²) in [5, 5.41) is 0.706. The average Bonchev–Trinajstić information content (AvgIpc) is 3.29. The van der Waals surface area contributed by atoms with Gasteiger partial charge in [0.15, 0.2) is 0 Å². The summed E-state index contributed by atoms with van der Waals surface area (Å²) in [6.07, 6.45) is 9.85. The summed E-state index contributed by atoms with van der Waals surface area (Å²) in [6, 6.07) is 10.2. The molecular formula is C29H32ClN5O3. The summed E-state index contributed by atoms with van der Waals surface area (Å²) >= 11 is 6.55. The summed E-state index contributed by atoms with van der Waals surface area (Å²) in [7, 11) is 2.02. The molecule has 1 atom stereocenters. The number of aromatic nitrogens is 3. The van der Waals surface area contributed by atoms with Gasteiger partial charge in [-0.2, -0.15) is 0 Å². The number of pyridine rings is 1. The number of rotatable bonds is 4. The molecule has 0 radical (unpaired) electrons. The fourth-order valence-corrected chi connectivity index (χ4v) is 5.85. The van der Waals surface area contributed by atoms with Gasteiger partial charge in [-0.3, -0.25) is 9.88 Å². The third-order valence-corrected chi connectivity index (χ3v) is 8.01. The number of amides is 1. The normalized spacial score (nSPS) is 20.3. The van der Waals surface area contributed by atoms with Crippen molar-refractivity contribution in [3.8, 4) is 0 Å². The average molecular weight is 534 g/mol. The zero-order valence-corrected chi connectivity index (χ0v) is 22.3. The van der Waals surface area contributed by atoms with Gasteiger partial charge < -0.3 is 18.9 Å². The third kappa shape index (κ3) is 5.08. The van der Waals surface area contributed by atoms with E-state index in [4.69, 9.17) is 26.1 Å². The lowest BCUT2D eigenvalue weighted by atomic mass is 9.92. The molecule has 4 heterocycles. The van der Waals surface area contributed by atoms with E-state index in [1.165, 1.54) is 11.1 Å². The fraction of sp³-hybridized carbons (Fsp3) is 0.414. The van der Waals surface area contributed by atoms with Crippen molar-refractivity contribution >= 4 is 29.3 Å². The number of hydrogen-bond acceptors (Lipinski definition) is 6. The van der Waals surface area contributed by atoms with Crippen LogP contribution in [-0.4, -0.2) is 75.9 Å². The Morgan fingerprint density at radius 2 is 1.97 bits per heavy atom. The van der Waals surface area contributed by atoms with Crippen molar-refractivity contribution in [2.24, 2.45) is 7.05 Å². The topological polar surface area (TPSA) is 72.7 Å². The Labute approximate surface area is 227 Å². The van der Waals surface area contributed by atoms with Crippen LogP contribution in [-0.2, 0) is 22.9 Å². The van der Waals surface area contributed by atoms with Crippen LogP contribution in [0.4, 0.5) is 4.79 Å². The summed E-state index contributed by atoms with van der Waals surface area (Å²) < 4.78 is 13.2. The fourth-order valence-electron chi connectivity index (χ4n) is 5.68. The van der Waals surface area contributed by atoms with Crippen LogP contribution in [0.2, 0.25) is 5.02 Å². The minimum absolute atomic E-state index is 0.0484. The van der Waals surface area contributed by atoms with Gasteiger partial charge in [-0.15, -0.1) is 0 Å². The van der Waals surface area contributed by atoms with Crippen molar-refractivity contribution < 1.29 is 14.3 Å². The second-order valence-corrected chi connectivity index (χ2v) is 10.6. The first-order chi connectivity index (χ1) is 18.6. The second-order valence-electron chi connectivity index (χ2n) is 10.2. The Kier molecular flexibility index (Phi) is 7.19. The highest BCUT2D eigenvalue weighted by Crippen LogP contribution is 2.41. The largest absolute Gasteiger partial charge is 0.446 e. The number of benzene rings is 1. The van der Waals surface area contributed by atoms with Gasteiger partial charge in [0.05, 0.1) is 31.3 Å². The van der Waals surface area contributed by atoms with Crippen molar-refractivity contribution in [1.29, 1.82) is 0 Å². The maximum atomic E-state index is 12.9. The lowest BCUT2D eigenvalue weighted by molar-refractivity contribution is -0.0155. The van der Waals surface area contributed by atoms with Gasteiger partial charge >= 0.3 is 6.09 Å². The van der Waals surface area contributed by atoms with E-state index in [0.717, 1.165) is 54.9 Å². The first-order valence-electron chi connectivity index (χ1n) is 13.2. The Hall–Kier alpha value is -3.20. The molecule has 0 unspecified atom stereocenters. The molecule has 3 aliphatic rings. The van der Waals surface area contributed by atoms with E-state index in [9.17, 15) is 4.79 Å². The second kappa shape index (κ2) is 10.9. The van der Waals surface area contributed by atoms with Crippen LogP contribution >= 0.6 is 11.6 Å². The Bertz CT molecular complexity index is 1340. The Balaban J connectivity index is 1.28. The minimum Gasteiger partial charge on any atom is -0.446 e. The molecule has 1 amide bonds. The van der Waals surface area contributed by atoms with Gasteiger partial charge in [-0.05, 0) is 46.5 Å². The standard InChI is InChI=1S/C29H32ClN5O3/c1-33-19-31-18-23(33)16-21-15-20-3-2-8-32-27(20)28(25-5-4-22(30)17-26(21)25)34-9-11-35(12-10-34)29(36)38-24-6-13-37-14-7-24/h2-5,8,15,17-19,24,28H,6-7,9-14,16H2,1H3/t28-/m0/s1. The number of ether oxygens (including phenoxy) is 2. The number of imidazole rings is 1.